The van der Waals surface area contributed by atoms with Crippen molar-refractivity contribution in [3.05, 3.63) is 101 Å². The van der Waals surface area contributed by atoms with Crippen LogP contribution in [0.3, 0.4) is 0 Å². The third-order valence-corrected chi connectivity index (χ3v) is 7.73. The van der Waals surface area contributed by atoms with Gasteiger partial charge in [-0.15, -0.1) is 0 Å². The topological polar surface area (TPSA) is 60.5 Å². The van der Waals surface area contributed by atoms with Crippen LogP contribution in [0, 0.1) is 6.92 Å². The number of hydrogen-bond donors (Lipinski definition) is 0. The molecule has 0 bridgehead atoms. The van der Waals surface area contributed by atoms with Gasteiger partial charge in [0, 0.05) is 23.3 Å². The zero-order chi connectivity index (χ0) is 27.9. The lowest BCUT2D eigenvalue weighted by atomic mass is 9.90. The Hall–Kier alpha value is -3.85. The van der Waals surface area contributed by atoms with Crippen LogP contribution in [-0.2, 0) is 37.1 Å². The van der Waals surface area contributed by atoms with Gasteiger partial charge in [-0.05, 0) is 68.4 Å². The highest BCUT2D eigenvalue weighted by Gasteiger charge is 2.41. The largest absolute Gasteiger partial charge is 0.451 e. The standard InChI is InChI=1S/C31H30F3N3O3/c1-20-25-17-23(13-14-27(25)36(35-20)19-39-18-21-7-3-2-4-8-21)37(22-11-12-22)30(38)29-16-15-28(40-29)24-9-5-6-10-26(24)31(32,33)34/h2-10,15-16,22-23H,11-14,17-19H2,1H3. The number of benzene rings is 2. The third kappa shape index (κ3) is 5.30. The number of rotatable bonds is 8. The Balaban J connectivity index is 1.18. The Morgan fingerprint density at radius 2 is 1.77 bits per heavy atom. The molecular weight excluding hydrogens is 519 g/mol. The van der Waals surface area contributed by atoms with E-state index in [1.54, 1.807) is 0 Å². The fraction of sp³-hybridized carbons (Fsp3) is 0.355. The molecular formula is C31H30F3N3O3. The van der Waals surface area contributed by atoms with E-state index in [9.17, 15) is 18.0 Å². The molecule has 1 amide bonds. The van der Waals surface area contributed by atoms with E-state index < -0.39 is 11.7 Å². The van der Waals surface area contributed by atoms with Gasteiger partial charge in [-0.1, -0.05) is 48.5 Å². The Labute approximate surface area is 230 Å². The van der Waals surface area contributed by atoms with Crippen molar-refractivity contribution in [1.82, 2.24) is 14.7 Å². The van der Waals surface area contributed by atoms with Crippen LogP contribution in [0.15, 0.2) is 71.1 Å². The highest BCUT2D eigenvalue weighted by Crippen LogP contribution is 2.39. The molecule has 2 aliphatic rings. The van der Waals surface area contributed by atoms with E-state index in [1.807, 2.05) is 46.8 Å². The van der Waals surface area contributed by atoms with E-state index in [-0.39, 0.29) is 35.1 Å². The molecule has 0 spiro atoms. The predicted octanol–water partition coefficient (Wildman–Crippen LogP) is 6.81. The summed E-state index contributed by atoms with van der Waals surface area (Å²) in [6.45, 7) is 2.84. The van der Waals surface area contributed by atoms with Crippen LogP contribution in [0.25, 0.3) is 11.3 Å². The lowest BCUT2D eigenvalue weighted by molar-refractivity contribution is -0.137. The van der Waals surface area contributed by atoms with Crippen molar-refractivity contribution in [3.8, 4) is 11.3 Å². The molecule has 2 aromatic carbocycles. The Morgan fingerprint density at radius 3 is 2.52 bits per heavy atom. The van der Waals surface area contributed by atoms with E-state index in [1.165, 1.54) is 30.3 Å². The van der Waals surface area contributed by atoms with Gasteiger partial charge in [0.05, 0.1) is 17.9 Å². The highest BCUT2D eigenvalue weighted by molar-refractivity contribution is 5.93. The lowest BCUT2D eigenvalue weighted by Gasteiger charge is -2.34. The van der Waals surface area contributed by atoms with E-state index >= 15 is 0 Å². The second-order valence-corrected chi connectivity index (χ2v) is 10.5. The fourth-order valence-corrected chi connectivity index (χ4v) is 5.67. The first-order chi connectivity index (χ1) is 19.3. The van der Waals surface area contributed by atoms with Crippen molar-refractivity contribution in [1.29, 1.82) is 0 Å². The molecule has 0 saturated heterocycles. The minimum absolute atomic E-state index is 0.0329. The van der Waals surface area contributed by atoms with Gasteiger partial charge in [0.1, 0.15) is 12.5 Å². The predicted molar refractivity (Wildman–Crippen MR) is 142 cm³/mol. The maximum Gasteiger partial charge on any atom is 0.417 e. The van der Waals surface area contributed by atoms with Crippen LogP contribution in [0.2, 0.25) is 0 Å². The van der Waals surface area contributed by atoms with Crippen LogP contribution >= 0.6 is 0 Å². The van der Waals surface area contributed by atoms with E-state index in [0.29, 0.717) is 19.8 Å². The number of ether oxygens (including phenoxy) is 1. The van der Waals surface area contributed by atoms with Crippen molar-refractivity contribution < 1.29 is 27.1 Å². The minimum atomic E-state index is -4.53. The number of carbonyl (C=O) groups excluding carboxylic acids is 1. The molecule has 0 N–H and O–H groups in total. The monoisotopic (exact) mass is 549 g/mol. The van der Waals surface area contributed by atoms with Gasteiger partial charge in [0.25, 0.3) is 5.91 Å². The molecule has 2 aromatic heterocycles. The van der Waals surface area contributed by atoms with E-state index in [4.69, 9.17) is 14.3 Å². The number of furan rings is 1. The number of aromatic nitrogens is 2. The SMILES string of the molecule is Cc1nn(COCc2ccccc2)c2c1CC(N(C(=O)c1ccc(-c3ccccc3C(F)(F)F)o1)C1CC1)CC2. The van der Waals surface area contributed by atoms with Gasteiger partial charge in [-0.2, -0.15) is 18.3 Å². The number of halogens is 3. The summed E-state index contributed by atoms with van der Waals surface area (Å²) < 4.78 is 54.3. The molecule has 0 aliphatic heterocycles. The van der Waals surface area contributed by atoms with Gasteiger partial charge in [-0.25, -0.2) is 4.68 Å². The van der Waals surface area contributed by atoms with Gasteiger partial charge >= 0.3 is 6.18 Å². The normalized spacial score (nSPS) is 17.1. The molecule has 9 heteroatoms. The molecule has 0 radical (unpaired) electrons. The minimum Gasteiger partial charge on any atom is -0.451 e. The first kappa shape index (κ1) is 26.4. The summed E-state index contributed by atoms with van der Waals surface area (Å²) >= 11 is 0. The molecule has 208 valence electrons. The Morgan fingerprint density at radius 1 is 1.02 bits per heavy atom. The molecule has 2 aliphatic carbocycles. The number of carbonyl (C=O) groups is 1. The number of amides is 1. The van der Waals surface area contributed by atoms with Crippen LogP contribution in [0.5, 0.6) is 0 Å². The van der Waals surface area contributed by atoms with E-state index in [2.05, 4.69) is 0 Å². The number of fused-ring (bicyclic) bond motifs is 1. The van der Waals surface area contributed by atoms with Crippen LogP contribution in [0.1, 0.15) is 57.9 Å². The third-order valence-electron chi connectivity index (χ3n) is 7.73. The first-order valence-corrected chi connectivity index (χ1v) is 13.6. The molecule has 6 nitrogen and oxygen atoms in total. The van der Waals surface area contributed by atoms with Crippen molar-refractivity contribution in [2.24, 2.45) is 0 Å². The average molecular weight is 550 g/mol. The maximum absolute atomic E-state index is 13.7. The molecule has 6 rings (SSSR count). The van der Waals surface area contributed by atoms with Crippen LogP contribution in [0.4, 0.5) is 13.2 Å². The number of hydrogen-bond acceptors (Lipinski definition) is 4. The summed E-state index contributed by atoms with van der Waals surface area (Å²) in [5.74, 6) is -0.181. The molecule has 4 aromatic rings. The maximum atomic E-state index is 13.7. The van der Waals surface area contributed by atoms with Crippen LogP contribution in [-0.4, -0.2) is 32.7 Å². The first-order valence-electron chi connectivity index (χ1n) is 13.6. The Kier molecular flexibility index (Phi) is 7.00. The van der Waals surface area contributed by atoms with Crippen molar-refractivity contribution in [3.63, 3.8) is 0 Å². The molecule has 2 heterocycles. The van der Waals surface area contributed by atoms with Gasteiger partial charge < -0.3 is 14.1 Å². The average Bonchev–Trinajstić information content (AvgIpc) is 3.56. The summed E-state index contributed by atoms with van der Waals surface area (Å²) in [6.07, 6.45) is -0.511. The summed E-state index contributed by atoms with van der Waals surface area (Å²) in [4.78, 5) is 15.6. The van der Waals surface area contributed by atoms with Crippen molar-refractivity contribution >= 4 is 5.91 Å². The smallest absolute Gasteiger partial charge is 0.417 e. The van der Waals surface area contributed by atoms with Gasteiger partial charge in [0.2, 0.25) is 0 Å². The summed E-state index contributed by atoms with van der Waals surface area (Å²) in [5, 5.41) is 4.72. The van der Waals surface area contributed by atoms with Crippen LogP contribution < -0.4 is 0 Å². The molecule has 40 heavy (non-hydrogen) atoms. The molecule has 1 unspecified atom stereocenters. The van der Waals surface area contributed by atoms with Gasteiger partial charge in [-0.3, -0.25) is 4.79 Å². The highest BCUT2D eigenvalue weighted by atomic mass is 19.4. The van der Waals surface area contributed by atoms with Crippen molar-refractivity contribution in [2.45, 2.75) is 70.6 Å². The summed E-state index contributed by atoms with van der Waals surface area (Å²) in [5.41, 5.74) is 3.43. The van der Waals surface area contributed by atoms with E-state index in [0.717, 1.165) is 54.3 Å². The van der Waals surface area contributed by atoms with Gasteiger partial charge in [0.15, 0.2) is 5.76 Å². The quantitative estimate of drug-likeness (QED) is 0.242. The summed E-state index contributed by atoms with van der Waals surface area (Å²) in [6, 6.07) is 18.2. The second-order valence-electron chi connectivity index (χ2n) is 10.5. The fourth-order valence-electron chi connectivity index (χ4n) is 5.67. The zero-order valence-electron chi connectivity index (χ0n) is 22.2. The lowest BCUT2D eigenvalue weighted by Crippen LogP contribution is -2.45. The number of nitrogens with zero attached hydrogens (tertiary/aromatic N) is 3. The Bertz CT molecular complexity index is 1510. The second kappa shape index (κ2) is 10.6. The number of alkyl halides is 3. The zero-order valence-corrected chi connectivity index (χ0v) is 22.2. The summed E-state index contributed by atoms with van der Waals surface area (Å²) in [7, 11) is 0. The molecule has 1 fully saturated rings. The van der Waals surface area contributed by atoms with Crippen molar-refractivity contribution in [2.75, 3.05) is 0 Å². The molecule has 1 atom stereocenters. The molecule has 1 saturated carbocycles. The number of aryl methyl sites for hydroxylation is 1.